The van der Waals surface area contributed by atoms with Crippen LogP contribution in [-0.2, 0) is 4.79 Å². The van der Waals surface area contributed by atoms with Crippen LogP contribution in [-0.4, -0.2) is 21.6 Å². The van der Waals surface area contributed by atoms with E-state index in [1.165, 1.54) is 11.8 Å². The quantitative estimate of drug-likeness (QED) is 0.441. The maximum atomic E-state index is 12.6. The first kappa shape index (κ1) is 19.2. The van der Waals surface area contributed by atoms with Crippen molar-refractivity contribution >= 4 is 34.3 Å². The molecule has 0 unspecified atom stereocenters. The lowest BCUT2D eigenvalue weighted by molar-refractivity contribution is -0.113. The van der Waals surface area contributed by atoms with Gasteiger partial charge in [0, 0.05) is 17.3 Å². The summed E-state index contributed by atoms with van der Waals surface area (Å²) in [6.45, 7) is 4.04. The second-order valence-corrected chi connectivity index (χ2v) is 7.79. The summed E-state index contributed by atoms with van der Waals surface area (Å²) in [5.41, 5.74) is 5.86. The normalized spacial score (nSPS) is 10.8. The second-order valence-electron chi connectivity index (χ2n) is 6.82. The molecule has 0 bridgehead atoms. The first-order valence-corrected chi connectivity index (χ1v) is 10.4. The van der Waals surface area contributed by atoms with Gasteiger partial charge in [-0.3, -0.25) is 9.78 Å². The molecule has 144 valence electrons. The van der Waals surface area contributed by atoms with Gasteiger partial charge in [-0.2, -0.15) is 0 Å². The van der Waals surface area contributed by atoms with Gasteiger partial charge in [0.15, 0.2) is 0 Å². The number of pyridine rings is 2. The second kappa shape index (κ2) is 8.45. The fraction of sp³-hybridized carbons (Fsp3) is 0.125. The number of carbonyl (C=O) groups is 1. The molecule has 2 heterocycles. The summed E-state index contributed by atoms with van der Waals surface area (Å²) >= 11 is 1.46. The molecule has 0 aliphatic carbocycles. The maximum absolute atomic E-state index is 12.6. The molecular weight excluding hydrogens is 378 g/mol. The Morgan fingerprint density at radius 2 is 1.79 bits per heavy atom. The molecule has 0 spiro atoms. The van der Waals surface area contributed by atoms with Crippen LogP contribution in [0.15, 0.2) is 78.0 Å². The van der Waals surface area contributed by atoms with E-state index >= 15 is 0 Å². The summed E-state index contributed by atoms with van der Waals surface area (Å²) in [5, 5.41) is 4.87. The number of amides is 1. The van der Waals surface area contributed by atoms with Gasteiger partial charge >= 0.3 is 0 Å². The Morgan fingerprint density at radius 1 is 1.00 bits per heavy atom. The highest BCUT2D eigenvalue weighted by Gasteiger charge is 2.13. The summed E-state index contributed by atoms with van der Waals surface area (Å²) in [6.07, 6.45) is 1.73. The van der Waals surface area contributed by atoms with Crippen molar-refractivity contribution in [3.63, 3.8) is 0 Å². The molecule has 0 radical (unpaired) electrons. The molecule has 4 aromatic rings. The Morgan fingerprint density at radius 3 is 2.62 bits per heavy atom. The molecule has 0 atom stereocenters. The third-order valence-corrected chi connectivity index (χ3v) is 5.76. The minimum absolute atomic E-state index is 0.0721. The van der Waals surface area contributed by atoms with E-state index in [9.17, 15) is 4.79 Å². The number of fused-ring (bicyclic) bond motifs is 1. The van der Waals surface area contributed by atoms with Gasteiger partial charge in [-0.15, -0.1) is 0 Å². The Bertz CT molecular complexity index is 1170. The molecule has 2 aromatic carbocycles. The third-order valence-electron chi connectivity index (χ3n) is 4.69. The minimum Gasteiger partial charge on any atom is -0.323 e. The Labute approximate surface area is 174 Å². The van der Waals surface area contributed by atoms with Crippen molar-refractivity contribution in [1.29, 1.82) is 0 Å². The summed E-state index contributed by atoms with van der Waals surface area (Å²) in [4.78, 5) is 21.6. The smallest absolute Gasteiger partial charge is 0.234 e. The van der Waals surface area contributed by atoms with Crippen LogP contribution in [0.25, 0.3) is 22.0 Å². The highest BCUT2D eigenvalue weighted by atomic mass is 32.2. The largest absolute Gasteiger partial charge is 0.323 e. The number of anilines is 1. The number of hydrogen-bond donors (Lipinski definition) is 1. The number of nitrogens with one attached hydrogen (secondary N) is 1. The molecule has 0 saturated carbocycles. The van der Waals surface area contributed by atoms with E-state index in [0.29, 0.717) is 0 Å². The molecule has 4 rings (SSSR count). The Hall–Kier alpha value is -3.18. The van der Waals surface area contributed by atoms with Crippen molar-refractivity contribution in [2.45, 2.75) is 18.9 Å². The maximum Gasteiger partial charge on any atom is 0.234 e. The monoisotopic (exact) mass is 399 g/mol. The number of carbonyl (C=O) groups excluding carboxylic acids is 1. The number of benzene rings is 2. The molecule has 0 saturated heterocycles. The number of rotatable bonds is 5. The number of aryl methyl sites for hydroxylation is 1. The molecule has 0 fully saturated rings. The lowest BCUT2D eigenvalue weighted by Gasteiger charge is -2.12. The van der Waals surface area contributed by atoms with Crippen molar-refractivity contribution in [2.75, 3.05) is 11.1 Å². The average Bonchev–Trinajstić information content (AvgIpc) is 2.75. The average molecular weight is 400 g/mol. The number of aromatic nitrogens is 2. The third kappa shape index (κ3) is 4.30. The molecule has 1 amide bonds. The van der Waals surface area contributed by atoms with Gasteiger partial charge in [0.1, 0.15) is 5.03 Å². The van der Waals surface area contributed by atoms with Crippen LogP contribution in [0.1, 0.15) is 11.3 Å². The van der Waals surface area contributed by atoms with Gasteiger partial charge in [-0.05, 0) is 48.7 Å². The van der Waals surface area contributed by atoms with Crippen LogP contribution in [0, 0.1) is 13.8 Å². The fourth-order valence-corrected chi connectivity index (χ4v) is 4.17. The van der Waals surface area contributed by atoms with Gasteiger partial charge in [0.25, 0.3) is 0 Å². The van der Waals surface area contributed by atoms with E-state index in [1.54, 1.807) is 6.20 Å². The predicted octanol–water partition coefficient (Wildman–Crippen LogP) is 5.64. The minimum atomic E-state index is -0.0721. The van der Waals surface area contributed by atoms with E-state index in [4.69, 9.17) is 0 Å². The summed E-state index contributed by atoms with van der Waals surface area (Å²) in [5.74, 6) is 0.214. The summed E-state index contributed by atoms with van der Waals surface area (Å²) < 4.78 is 0. The number of thioether (sulfide) groups is 1. The van der Waals surface area contributed by atoms with Crippen molar-refractivity contribution in [3.8, 4) is 11.1 Å². The lowest BCUT2D eigenvalue weighted by Crippen LogP contribution is -2.14. The van der Waals surface area contributed by atoms with Crippen LogP contribution in [0.2, 0.25) is 0 Å². The van der Waals surface area contributed by atoms with Crippen molar-refractivity contribution in [3.05, 3.63) is 84.2 Å². The number of hydrogen-bond acceptors (Lipinski definition) is 4. The molecule has 29 heavy (non-hydrogen) atoms. The van der Waals surface area contributed by atoms with Gasteiger partial charge in [-0.25, -0.2) is 4.98 Å². The van der Waals surface area contributed by atoms with E-state index in [-0.39, 0.29) is 11.7 Å². The van der Waals surface area contributed by atoms with Crippen LogP contribution in [0.3, 0.4) is 0 Å². The molecule has 5 heteroatoms. The standard InChI is InChI=1S/C24H21N3OS/c1-16-14-20(18-8-4-3-5-9-18)17(2)24(26-16)29-15-22(28)27-21-12-6-10-19-11-7-13-25-23(19)21/h3-14H,15H2,1-2H3,(H,27,28). The highest BCUT2D eigenvalue weighted by Crippen LogP contribution is 2.31. The lowest BCUT2D eigenvalue weighted by atomic mass is 10.0. The van der Waals surface area contributed by atoms with Gasteiger partial charge in [-0.1, -0.05) is 60.3 Å². The molecule has 0 aliphatic heterocycles. The van der Waals surface area contributed by atoms with Crippen molar-refractivity contribution in [1.82, 2.24) is 9.97 Å². The molecular formula is C24H21N3OS. The van der Waals surface area contributed by atoms with Crippen LogP contribution >= 0.6 is 11.8 Å². The molecule has 0 aliphatic rings. The van der Waals surface area contributed by atoms with Crippen LogP contribution < -0.4 is 5.32 Å². The van der Waals surface area contributed by atoms with E-state index in [1.807, 2.05) is 55.5 Å². The Balaban J connectivity index is 1.52. The zero-order valence-electron chi connectivity index (χ0n) is 16.3. The highest BCUT2D eigenvalue weighted by molar-refractivity contribution is 8.00. The summed E-state index contributed by atoms with van der Waals surface area (Å²) in [6, 6.07) is 22.0. The van der Waals surface area contributed by atoms with Crippen molar-refractivity contribution in [2.24, 2.45) is 0 Å². The molecule has 1 N–H and O–H groups in total. The first-order chi connectivity index (χ1) is 14.1. The van der Waals surface area contributed by atoms with E-state index in [2.05, 4.69) is 40.4 Å². The summed E-state index contributed by atoms with van der Waals surface area (Å²) in [7, 11) is 0. The number of para-hydroxylation sites is 1. The molecule has 4 nitrogen and oxygen atoms in total. The van der Waals surface area contributed by atoms with Crippen molar-refractivity contribution < 1.29 is 4.79 Å². The first-order valence-electron chi connectivity index (χ1n) is 9.42. The van der Waals surface area contributed by atoms with Crippen LogP contribution in [0.5, 0.6) is 0 Å². The zero-order chi connectivity index (χ0) is 20.2. The van der Waals surface area contributed by atoms with Gasteiger partial charge in [0.05, 0.1) is 17.0 Å². The predicted molar refractivity (Wildman–Crippen MR) is 120 cm³/mol. The van der Waals surface area contributed by atoms with Gasteiger partial charge < -0.3 is 5.32 Å². The topological polar surface area (TPSA) is 54.9 Å². The fourth-order valence-electron chi connectivity index (χ4n) is 3.29. The van der Waals surface area contributed by atoms with Gasteiger partial charge in [0.2, 0.25) is 5.91 Å². The van der Waals surface area contributed by atoms with E-state index < -0.39 is 0 Å². The molecule has 2 aromatic heterocycles. The Kier molecular flexibility index (Phi) is 5.58. The van der Waals surface area contributed by atoms with Crippen LogP contribution in [0.4, 0.5) is 5.69 Å². The number of nitrogens with zero attached hydrogens (tertiary/aromatic N) is 2. The SMILES string of the molecule is Cc1cc(-c2ccccc2)c(C)c(SCC(=O)Nc2cccc3cccnc23)n1. The zero-order valence-corrected chi connectivity index (χ0v) is 17.2. The van der Waals surface area contributed by atoms with E-state index in [0.717, 1.165) is 44.0 Å².